The largest absolute Gasteiger partial charge is 0.479 e. The lowest BCUT2D eigenvalue weighted by molar-refractivity contribution is -0.146. The number of thioether (sulfide) groups is 1. The molecule has 0 spiro atoms. The third kappa shape index (κ3) is 1.70. The Balaban J connectivity index is 2.78. The van der Waals surface area contributed by atoms with Gasteiger partial charge in [0.15, 0.2) is 6.17 Å². The molecule has 1 rings (SSSR count). The van der Waals surface area contributed by atoms with E-state index < -0.39 is 12.1 Å². The number of carbonyl (C=O) groups is 1. The van der Waals surface area contributed by atoms with Gasteiger partial charge in [-0.2, -0.15) is 0 Å². The summed E-state index contributed by atoms with van der Waals surface area (Å²) in [6, 6.07) is 0. The Morgan fingerprint density at radius 1 is 1.75 bits per heavy atom. The van der Waals surface area contributed by atoms with Crippen molar-refractivity contribution in [1.82, 2.24) is 9.80 Å². The standard InChI is InChI=1S/C6H10N2O2S2/c1-7-3-12-6(11)8(2)4(7)5(9)10/h4H,3H2,1-2H3,(H,9,10). The fourth-order valence-corrected chi connectivity index (χ4v) is 2.10. The average molecular weight is 206 g/mol. The van der Waals surface area contributed by atoms with E-state index in [9.17, 15) is 4.79 Å². The van der Waals surface area contributed by atoms with E-state index in [1.54, 1.807) is 23.9 Å². The van der Waals surface area contributed by atoms with Crippen molar-refractivity contribution in [2.45, 2.75) is 6.17 Å². The van der Waals surface area contributed by atoms with Crippen LogP contribution in [-0.2, 0) is 4.79 Å². The molecule has 4 nitrogen and oxygen atoms in total. The summed E-state index contributed by atoms with van der Waals surface area (Å²) in [4.78, 5) is 14.1. The molecule has 0 amide bonds. The first kappa shape index (κ1) is 9.76. The number of thiocarbonyl (C=S) groups is 1. The molecule has 0 bridgehead atoms. The highest BCUT2D eigenvalue weighted by Crippen LogP contribution is 2.20. The molecular formula is C6H10N2O2S2. The van der Waals surface area contributed by atoms with Gasteiger partial charge in [-0.1, -0.05) is 24.0 Å². The maximum atomic E-state index is 10.8. The SMILES string of the molecule is CN1CSC(=S)N(C)C1C(=O)O. The van der Waals surface area contributed by atoms with Crippen LogP contribution in [0.2, 0.25) is 0 Å². The van der Waals surface area contributed by atoms with E-state index in [0.29, 0.717) is 10.2 Å². The van der Waals surface area contributed by atoms with Crippen molar-refractivity contribution >= 4 is 34.3 Å². The Labute approximate surface area is 80.5 Å². The van der Waals surface area contributed by atoms with Crippen molar-refractivity contribution in [2.75, 3.05) is 20.0 Å². The zero-order chi connectivity index (χ0) is 9.30. The normalized spacial score (nSPS) is 26.0. The number of aliphatic carboxylic acids is 1. The van der Waals surface area contributed by atoms with Crippen LogP contribution in [0.4, 0.5) is 0 Å². The summed E-state index contributed by atoms with van der Waals surface area (Å²) in [5.74, 6) is -0.220. The van der Waals surface area contributed by atoms with Gasteiger partial charge in [0.1, 0.15) is 4.32 Å². The number of hydrogen-bond donors (Lipinski definition) is 1. The quantitative estimate of drug-likeness (QED) is 0.620. The molecule has 0 aromatic carbocycles. The predicted molar refractivity (Wildman–Crippen MR) is 52.0 cm³/mol. The molecule has 0 aromatic heterocycles. The molecule has 1 saturated heterocycles. The van der Waals surface area contributed by atoms with Gasteiger partial charge in [-0.25, -0.2) is 4.79 Å². The Hall–Kier alpha value is -0.330. The minimum Gasteiger partial charge on any atom is -0.479 e. The first-order chi connectivity index (χ1) is 5.54. The predicted octanol–water partition coefficient (Wildman–Crippen LogP) is 0.250. The van der Waals surface area contributed by atoms with Crippen molar-refractivity contribution < 1.29 is 9.90 Å². The molecule has 1 aliphatic heterocycles. The highest BCUT2D eigenvalue weighted by Gasteiger charge is 2.32. The molecular weight excluding hydrogens is 196 g/mol. The summed E-state index contributed by atoms with van der Waals surface area (Å²) in [5, 5.41) is 8.84. The number of carboxylic acid groups (broad SMARTS) is 1. The number of hydrogen-bond acceptors (Lipinski definition) is 4. The number of carboxylic acids is 1. The summed E-state index contributed by atoms with van der Waals surface area (Å²) in [6.45, 7) is 0. The van der Waals surface area contributed by atoms with Gasteiger partial charge in [0.2, 0.25) is 0 Å². The molecule has 1 atom stereocenters. The molecule has 1 N–H and O–H groups in total. The fourth-order valence-electron chi connectivity index (χ4n) is 1.08. The van der Waals surface area contributed by atoms with E-state index in [4.69, 9.17) is 17.3 Å². The van der Waals surface area contributed by atoms with Crippen molar-refractivity contribution in [1.29, 1.82) is 0 Å². The topological polar surface area (TPSA) is 43.8 Å². The van der Waals surface area contributed by atoms with Gasteiger partial charge in [-0.3, -0.25) is 4.90 Å². The highest BCUT2D eigenvalue weighted by molar-refractivity contribution is 8.22. The second-order valence-corrected chi connectivity index (χ2v) is 4.20. The zero-order valence-electron chi connectivity index (χ0n) is 6.85. The number of rotatable bonds is 1. The molecule has 0 aromatic rings. The number of likely N-dealkylation sites (N-methyl/N-ethyl adjacent to an activating group) is 2. The van der Waals surface area contributed by atoms with E-state index in [0.717, 1.165) is 0 Å². The lowest BCUT2D eigenvalue weighted by atomic mass is 10.4. The minimum absolute atomic E-state index is 0.612. The van der Waals surface area contributed by atoms with Crippen LogP contribution in [0.5, 0.6) is 0 Å². The van der Waals surface area contributed by atoms with E-state index in [1.165, 1.54) is 11.8 Å². The average Bonchev–Trinajstić information content (AvgIpc) is 1.97. The number of nitrogens with zero attached hydrogens (tertiary/aromatic N) is 2. The molecule has 1 fully saturated rings. The van der Waals surface area contributed by atoms with Gasteiger partial charge >= 0.3 is 5.97 Å². The van der Waals surface area contributed by atoms with Crippen LogP contribution in [0.25, 0.3) is 0 Å². The van der Waals surface area contributed by atoms with Gasteiger partial charge < -0.3 is 10.0 Å². The maximum Gasteiger partial charge on any atom is 0.341 e. The summed E-state index contributed by atoms with van der Waals surface area (Å²) < 4.78 is 0.639. The first-order valence-corrected chi connectivity index (χ1v) is 4.76. The molecule has 0 radical (unpaired) electrons. The van der Waals surface area contributed by atoms with Gasteiger partial charge in [0, 0.05) is 7.05 Å². The van der Waals surface area contributed by atoms with Crippen LogP contribution in [0.3, 0.4) is 0 Å². The Kier molecular flexibility index (Phi) is 2.92. The molecule has 1 aliphatic rings. The Morgan fingerprint density at radius 2 is 2.33 bits per heavy atom. The van der Waals surface area contributed by atoms with Gasteiger partial charge in [-0.05, 0) is 7.05 Å². The molecule has 0 aliphatic carbocycles. The molecule has 0 saturated carbocycles. The summed E-state index contributed by atoms with van der Waals surface area (Å²) in [6.07, 6.45) is -0.612. The van der Waals surface area contributed by atoms with E-state index in [2.05, 4.69) is 0 Å². The molecule has 68 valence electrons. The smallest absolute Gasteiger partial charge is 0.341 e. The van der Waals surface area contributed by atoms with Crippen molar-refractivity contribution in [3.8, 4) is 0 Å². The third-order valence-electron chi connectivity index (χ3n) is 1.68. The van der Waals surface area contributed by atoms with Crippen molar-refractivity contribution in [3.63, 3.8) is 0 Å². The fraction of sp³-hybridized carbons (Fsp3) is 0.667. The molecule has 12 heavy (non-hydrogen) atoms. The first-order valence-electron chi connectivity index (χ1n) is 3.36. The molecule has 6 heteroatoms. The van der Waals surface area contributed by atoms with Crippen LogP contribution >= 0.6 is 24.0 Å². The van der Waals surface area contributed by atoms with Crippen LogP contribution < -0.4 is 0 Å². The van der Waals surface area contributed by atoms with Crippen molar-refractivity contribution in [3.05, 3.63) is 0 Å². The summed E-state index contributed by atoms with van der Waals surface area (Å²) >= 11 is 6.45. The van der Waals surface area contributed by atoms with E-state index in [1.807, 2.05) is 0 Å². The van der Waals surface area contributed by atoms with Gasteiger partial charge in [0.25, 0.3) is 0 Å². The van der Waals surface area contributed by atoms with Crippen molar-refractivity contribution in [2.24, 2.45) is 0 Å². The molecule has 1 unspecified atom stereocenters. The van der Waals surface area contributed by atoms with E-state index in [-0.39, 0.29) is 0 Å². The van der Waals surface area contributed by atoms with Crippen LogP contribution in [-0.4, -0.2) is 51.3 Å². The highest BCUT2D eigenvalue weighted by atomic mass is 32.2. The summed E-state index contributed by atoms with van der Waals surface area (Å²) in [7, 11) is 3.47. The van der Waals surface area contributed by atoms with Crippen LogP contribution in [0.15, 0.2) is 0 Å². The zero-order valence-corrected chi connectivity index (χ0v) is 8.48. The van der Waals surface area contributed by atoms with Crippen LogP contribution in [0.1, 0.15) is 0 Å². The maximum absolute atomic E-state index is 10.8. The lowest BCUT2D eigenvalue weighted by Crippen LogP contribution is -2.54. The van der Waals surface area contributed by atoms with Crippen LogP contribution in [0, 0.1) is 0 Å². The second-order valence-electron chi connectivity index (χ2n) is 2.62. The monoisotopic (exact) mass is 206 g/mol. The van der Waals surface area contributed by atoms with E-state index >= 15 is 0 Å². The third-order valence-corrected chi connectivity index (χ3v) is 3.40. The van der Waals surface area contributed by atoms with Gasteiger partial charge in [-0.15, -0.1) is 0 Å². The Morgan fingerprint density at radius 3 is 2.75 bits per heavy atom. The minimum atomic E-state index is -0.859. The van der Waals surface area contributed by atoms with Gasteiger partial charge in [0.05, 0.1) is 5.88 Å². The Bertz CT molecular complexity index is 222. The second kappa shape index (κ2) is 3.59. The summed E-state index contributed by atoms with van der Waals surface area (Å²) in [5.41, 5.74) is 0. The molecule has 1 heterocycles. The lowest BCUT2D eigenvalue weighted by Gasteiger charge is -2.37.